The van der Waals surface area contributed by atoms with E-state index in [1.165, 1.54) is 12.8 Å². The van der Waals surface area contributed by atoms with Gasteiger partial charge in [0.05, 0.1) is 17.8 Å². The van der Waals surface area contributed by atoms with Gasteiger partial charge >= 0.3 is 0 Å². The zero-order valence-corrected chi connectivity index (χ0v) is 18.6. The minimum Gasteiger partial charge on any atom is -0.376 e. The van der Waals surface area contributed by atoms with Crippen molar-refractivity contribution in [3.05, 3.63) is 23.3 Å². The number of amides is 1. The molecule has 2 aromatic rings. The van der Waals surface area contributed by atoms with E-state index in [0.29, 0.717) is 17.8 Å². The molecule has 1 saturated heterocycles. The number of ether oxygens (including phenoxy) is 1. The van der Waals surface area contributed by atoms with E-state index in [4.69, 9.17) is 9.26 Å². The maximum Gasteiger partial charge on any atom is 0.290 e. The Morgan fingerprint density at radius 1 is 1.29 bits per heavy atom. The lowest BCUT2D eigenvalue weighted by Gasteiger charge is -2.38. The molecular formula is C22H32N6O3. The molecule has 2 aliphatic carbocycles. The van der Waals surface area contributed by atoms with Gasteiger partial charge in [0.25, 0.3) is 5.91 Å². The summed E-state index contributed by atoms with van der Waals surface area (Å²) in [5.74, 6) is 3.52. The van der Waals surface area contributed by atoms with Gasteiger partial charge in [0.15, 0.2) is 0 Å². The highest BCUT2D eigenvalue weighted by Gasteiger charge is 2.44. The summed E-state index contributed by atoms with van der Waals surface area (Å²) in [6.07, 6.45) is 5.13. The van der Waals surface area contributed by atoms with Crippen molar-refractivity contribution >= 4 is 11.9 Å². The van der Waals surface area contributed by atoms with Crippen molar-refractivity contribution in [2.24, 2.45) is 24.8 Å². The summed E-state index contributed by atoms with van der Waals surface area (Å²) < 4.78 is 13.5. The highest BCUT2D eigenvalue weighted by Crippen LogP contribution is 2.40. The highest BCUT2D eigenvalue weighted by atomic mass is 16.5. The van der Waals surface area contributed by atoms with Gasteiger partial charge in [-0.15, -0.1) is 0 Å². The summed E-state index contributed by atoms with van der Waals surface area (Å²) in [5.41, 5.74) is 0.792. The first-order chi connectivity index (χ1) is 15.0. The van der Waals surface area contributed by atoms with E-state index in [1.807, 2.05) is 25.6 Å². The molecule has 4 atom stereocenters. The Kier molecular flexibility index (Phi) is 5.45. The summed E-state index contributed by atoms with van der Waals surface area (Å²) in [4.78, 5) is 19.8. The number of rotatable bonds is 7. The largest absolute Gasteiger partial charge is 0.376 e. The summed E-state index contributed by atoms with van der Waals surface area (Å²) in [6.45, 7) is 6.60. The summed E-state index contributed by atoms with van der Waals surface area (Å²) in [6, 6.07) is 1.71. The lowest BCUT2D eigenvalue weighted by atomic mass is 9.77. The standard InChI is InChI=1S/C22H32N6O3/c1-4-17-9-20(31-26-17)21(29)24-18-7-15-10-28(22-23-13(2)25-27(22)3)11-16(15)8-19(18)30-12-14-5-6-14/h9,14-16,18-19H,4-8,10-12H2,1-3H3,(H,24,29)/t15-,16+,18-,19-/m0/s1. The molecule has 0 bridgehead atoms. The fourth-order valence-electron chi connectivity index (χ4n) is 5.06. The Balaban J connectivity index is 1.29. The number of fused-ring (bicyclic) bond motifs is 1. The number of hydrogen-bond donors (Lipinski definition) is 1. The first-order valence-corrected chi connectivity index (χ1v) is 11.5. The van der Waals surface area contributed by atoms with Crippen molar-refractivity contribution < 1.29 is 14.1 Å². The maximum absolute atomic E-state index is 12.8. The van der Waals surface area contributed by atoms with E-state index in [-0.39, 0.29) is 23.8 Å². The van der Waals surface area contributed by atoms with Crippen LogP contribution in [0.5, 0.6) is 0 Å². The van der Waals surface area contributed by atoms with Crippen molar-refractivity contribution in [3.63, 3.8) is 0 Å². The van der Waals surface area contributed by atoms with E-state index < -0.39 is 0 Å². The number of nitrogens with zero attached hydrogens (tertiary/aromatic N) is 5. The van der Waals surface area contributed by atoms with E-state index in [9.17, 15) is 4.79 Å². The van der Waals surface area contributed by atoms with Gasteiger partial charge in [0, 0.05) is 32.8 Å². The molecule has 0 unspecified atom stereocenters. The van der Waals surface area contributed by atoms with Crippen LogP contribution in [0.2, 0.25) is 0 Å². The molecule has 1 N–H and O–H groups in total. The number of aryl methyl sites for hydroxylation is 3. The van der Waals surface area contributed by atoms with Crippen LogP contribution >= 0.6 is 0 Å². The SMILES string of the molecule is CCc1cc(C(=O)N[C@H]2C[C@H]3CN(c4nc(C)nn4C)C[C@H]3C[C@@H]2OCC2CC2)on1. The second-order valence-electron chi connectivity index (χ2n) is 9.41. The number of anilines is 1. The molecule has 3 heterocycles. The van der Waals surface area contributed by atoms with Crippen LogP contribution in [-0.4, -0.2) is 57.7 Å². The van der Waals surface area contributed by atoms with Crippen LogP contribution in [0.4, 0.5) is 5.95 Å². The van der Waals surface area contributed by atoms with Crippen LogP contribution in [-0.2, 0) is 18.2 Å². The molecule has 9 nitrogen and oxygen atoms in total. The van der Waals surface area contributed by atoms with Crippen LogP contribution < -0.4 is 10.2 Å². The zero-order valence-electron chi connectivity index (χ0n) is 18.6. The minimum atomic E-state index is -0.200. The Labute approximate surface area is 182 Å². The lowest BCUT2D eigenvalue weighted by molar-refractivity contribution is -0.0214. The molecule has 3 aliphatic rings. The lowest BCUT2D eigenvalue weighted by Crippen LogP contribution is -2.50. The fraction of sp³-hybridized carbons (Fsp3) is 0.727. The Bertz CT molecular complexity index is 936. The van der Waals surface area contributed by atoms with Crippen LogP contribution in [0, 0.1) is 24.7 Å². The maximum atomic E-state index is 12.8. The Hall–Kier alpha value is -2.42. The fourth-order valence-corrected chi connectivity index (χ4v) is 5.06. The molecular weight excluding hydrogens is 396 g/mol. The average Bonchev–Trinajstić information content (AvgIpc) is 3.14. The molecule has 9 heteroatoms. The van der Waals surface area contributed by atoms with Gasteiger partial charge in [0.2, 0.25) is 11.7 Å². The van der Waals surface area contributed by atoms with E-state index in [1.54, 1.807) is 6.07 Å². The second-order valence-corrected chi connectivity index (χ2v) is 9.41. The molecule has 5 rings (SSSR count). The number of aromatic nitrogens is 4. The smallest absolute Gasteiger partial charge is 0.290 e. The zero-order chi connectivity index (χ0) is 21.5. The predicted octanol–water partition coefficient (Wildman–Crippen LogP) is 2.11. The van der Waals surface area contributed by atoms with Gasteiger partial charge in [-0.2, -0.15) is 10.1 Å². The molecule has 1 amide bonds. The first kappa shape index (κ1) is 20.5. The number of carbonyl (C=O) groups is 1. The third-order valence-corrected chi connectivity index (χ3v) is 6.95. The van der Waals surface area contributed by atoms with Crippen LogP contribution in [0.3, 0.4) is 0 Å². The molecule has 1 aliphatic heterocycles. The quantitative estimate of drug-likeness (QED) is 0.721. The molecule has 2 aromatic heterocycles. The predicted molar refractivity (Wildman–Crippen MR) is 114 cm³/mol. The summed E-state index contributed by atoms with van der Waals surface area (Å²) in [7, 11) is 1.95. The van der Waals surface area contributed by atoms with Crippen LogP contribution in [0.1, 0.15) is 54.7 Å². The third-order valence-electron chi connectivity index (χ3n) is 6.95. The van der Waals surface area contributed by atoms with E-state index in [0.717, 1.165) is 56.4 Å². The Morgan fingerprint density at radius 2 is 2.06 bits per heavy atom. The van der Waals surface area contributed by atoms with Crippen LogP contribution in [0.15, 0.2) is 10.6 Å². The van der Waals surface area contributed by atoms with Gasteiger partial charge in [-0.3, -0.25) is 4.79 Å². The average molecular weight is 429 g/mol. The van der Waals surface area contributed by atoms with Crippen molar-refractivity contribution in [1.82, 2.24) is 25.2 Å². The third kappa shape index (κ3) is 4.33. The molecule has 2 saturated carbocycles. The van der Waals surface area contributed by atoms with Gasteiger partial charge < -0.3 is 19.5 Å². The van der Waals surface area contributed by atoms with Gasteiger partial charge in [-0.1, -0.05) is 12.1 Å². The van der Waals surface area contributed by atoms with Crippen molar-refractivity contribution in [2.45, 2.75) is 58.1 Å². The van der Waals surface area contributed by atoms with Crippen molar-refractivity contribution in [2.75, 3.05) is 24.6 Å². The normalized spacial score (nSPS) is 28.0. The van der Waals surface area contributed by atoms with Gasteiger partial charge in [-0.05, 0) is 56.8 Å². The second kappa shape index (κ2) is 8.26. The minimum absolute atomic E-state index is 0.0242. The molecule has 168 valence electrons. The van der Waals surface area contributed by atoms with Gasteiger partial charge in [-0.25, -0.2) is 4.68 Å². The van der Waals surface area contributed by atoms with E-state index in [2.05, 4.69) is 25.5 Å². The van der Waals surface area contributed by atoms with Crippen LogP contribution in [0.25, 0.3) is 0 Å². The number of nitrogens with one attached hydrogen (secondary N) is 1. The monoisotopic (exact) mass is 428 g/mol. The number of hydrogen-bond acceptors (Lipinski definition) is 7. The van der Waals surface area contributed by atoms with Crippen molar-refractivity contribution in [1.29, 1.82) is 0 Å². The topological polar surface area (TPSA) is 98.3 Å². The van der Waals surface area contributed by atoms with Gasteiger partial charge in [0.1, 0.15) is 5.82 Å². The first-order valence-electron chi connectivity index (χ1n) is 11.5. The summed E-state index contributed by atoms with van der Waals surface area (Å²) in [5, 5.41) is 11.6. The molecule has 0 aromatic carbocycles. The Morgan fingerprint density at radius 3 is 2.71 bits per heavy atom. The molecule has 31 heavy (non-hydrogen) atoms. The summed E-state index contributed by atoms with van der Waals surface area (Å²) >= 11 is 0. The van der Waals surface area contributed by atoms with E-state index >= 15 is 0 Å². The molecule has 0 spiro atoms. The highest BCUT2D eigenvalue weighted by molar-refractivity contribution is 5.91. The molecule has 0 radical (unpaired) electrons. The number of carbonyl (C=O) groups excluding carboxylic acids is 1. The van der Waals surface area contributed by atoms with Crippen molar-refractivity contribution in [3.8, 4) is 0 Å². The molecule has 3 fully saturated rings.